The van der Waals surface area contributed by atoms with E-state index in [1.165, 1.54) is 6.20 Å². The first-order chi connectivity index (χ1) is 10.3. The average molecular weight is 298 g/mol. The van der Waals surface area contributed by atoms with Gasteiger partial charge in [0.05, 0.1) is 11.3 Å². The molecule has 1 aromatic heterocycles. The predicted octanol–water partition coefficient (Wildman–Crippen LogP) is 2.08. The van der Waals surface area contributed by atoms with Gasteiger partial charge in [-0.3, -0.25) is 14.8 Å². The molecule has 0 spiro atoms. The highest BCUT2D eigenvalue weighted by Gasteiger charge is 2.47. The Kier molecular flexibility index (Phi) is 3.34. The molecule has 0 saturated carbocycles. The van der Waals surface area contributed by atoms with E-state index >= 15 is 0 Å². The van der Waals surface area contributed by atoms with Crippen LogP contribution in [0.4, 0.5) is 0 Å². The van der Waals surface area contributed by atoms with Crippen molar-refractivity contribution in [3.05, 3.63) is 47.9 Å². The van der Waals surface area contributed by atoms with Crippen LogP contribution in [-0.4, -0.2) is 31.6 Å². The predicted molar refractivity (Wildman–Crippen MR) is 81.2 cm³/mol. The van der Waals surface area contributed by atoms with Crippen molar-refractivity contribution in [1.82, 2.24) is 9.97 Å². The Hall–Kier alpha value is -2.11. The van der Waals surface area contributed by atoms with Gasteiger partial charge in [-0.1, -0.05) is 24.3 Å². The monoisotopic (exact) mass is 298 g/mol. The number of rotatable bonds is 3. The molecule has 1 aromatic carbocycles. The Morgan fingerprint density at radius 2 is 1.77 bits per heavy atom. The van der Waals surface area contributed by atoms with Gasteiger partial charge >= 0.3 is 0 Å². The number of benzene rings is 1. The minimum Gasteiger partial charge on any atom is -0.390 e. The Balaban J connectivity index is 2.15. The minimum atomic E-state index is -1.75. The molecule has 22 heavy (non-hydrogen) atoms. The second kappa shape index (κ2) is 4.97. The van der Waals surface area contributed by atoms with E-state index in [1.54, 1.807) is 38.2 Å². The Labute approximate surface area is 128 Å². The highest BCUT2D eigenvalue weighted by atomic mass is 16.3. The number of nitrogens with zero attached hydrogens (tertiary/aromatic N) is 2. The molecule has 2 aromatic rings. The van der Waals surface area contributed by atoms with Crippen LogP contribution in [0.1, 0.15) is 42.7 Å². The van der Waals surface area contributed by atoms with Crippen LogP contribution in [0.3, 0.4) is 0 Å². The number of ketones is 1. The molecule has 1 aliphatic carbocycles. The van der Waals surface area contributed by atoms with Gasteiger partial charge < -0.3 is 10.2 Å². The van der Waals surface area contributed by atoms with Crippen molar-refractivity contribution in [2.24, 2.45) is 0 Å². The Morgan fingerprint density at radius 1 is 1.14 bits per heavy atom. The number of aliphatic hydroxyl groups is 2. The number of aromatic nitrogens is 2. The van der Waals surface area contributed by atoms with Crippen molar-refractivity contribution in [2.75, 3.05) is 0 Å². The van der Waals surface area contributed by atoms with Crippen LogP contribution in [0.2, 0.25) is 0 Å². The molecule has 1 atom stereocenters. The summed E-state index contributed by atoms with van der Waals surface area (Å²) in [6.07, 6.45) is 3.37. The molecule has 0 fully saturated rings. The van der Waals surface area contributed by atoms with Gasteiger partial charge in [0.25, 0.3) is 0 Å². The van der Waals surface area contributed by atoms with Crippen molar-refractivity contribution in [3.63, 3.8) is 0 Å². The molecular formula is C17H18N2O3. The lowest BCUT2D eigenvalue weighted by molar-refractivity contribution is -0.00157. The number of carbonyl (C=O) groups is 1. The number of carbonyl (C=O) groups excluding carboxylic acids is 1. The standard InChI is InChI=1S/C17H18N2O3/c1-16(2,21)7-8-17(22)14-13(18-9-10-19-14)11-5-3-4-6-12(11)15(17)20/h3-6,9-10,21-22H,7-8H2,1-2H3. The molecule has 0 amide bonds. The van der Waals surface area contributed by atoms with Gasteiger partial charge in [0, 0.05) is 23.5 Å². The fourth-order valence-electron chi connectivity index (χ4n) is 2.77. The molecule has 0 bridgehead atoms. The van der Waals surface area contributed by atoms with Gasteiger partial charge in [-0.05, 0) is 26.7 Å². The van der Waals surface area contributed by atoms with E-state index in [2.05, 4.69) is 9.97 Å². The average Bonchev–Trinajstić information content (AvgIpc) is 2.50. The summed E-state index contributed by atoms with van der Waals surface area (Å²) in [7, 11) is 0. The maximum absolute atomic E-state index is 12.8. The fraction of sp³-hybridized carbons (Fsp3) is 0.353. The maximum atomic E-state index is 12.8. The van der Waals surface area contributed by atoms with Crippen LogP contribution in [0.15, 0.2) is 36.7 Å². The van der Waals surface area contributed by atoms with E-state index in [1.807, 2.05) is 6.07 Å². The number of Topliss-reactive ketones (excluding diaryl/α,β-unsaturated/α-hetero) is 1. The lowest BCUT2D eigenvalue weighted by Gasteiger charge is -2.33. The molecule has 0 aliphatic heterocycles. The molecule has 3 rings (SSSR count). The van der Waals surface area contributed by atoms with Crippen molar-refractivity contribution in [2.45, 2.75) is 37.9 Å². The minimum absolute atomic E-state index is 0.0926. The van der Waals surface area contributed by atoms with E-state index in [0.29, 0.717) is 16.8 Å². The van der Waals surface area contributed by atoms with E-state index in [9.17, 15) is 15.0 Å². The van der Waals surface area contributed by atoms with E-state index in [0.717, 1.165) is 0 Å². The van der Waals surface area contributed by atoms with Crippen molar-refractivity contribution >= 4 is 5.78 Å². The Morgan fingerprint density at radius 3 is 2.45 bits per heavy atom. The molecule has 1 unspecified atom stereocenters. The zero-order valence-electron chi connectivity index (χ0n) is 12.6. The van der Waals surface area contributed by atoms with Crippen molar-refractivity contribution in [1.29, 1.82) is 0 Å². The van der Waals surface area contributed by atoms with Gasteiger partial charge in [-0.2, -0.15) is 0 Å². The molecule has 114 valence electrons. The molecule has 1 aliphatic rings. The van der Waals surface area contributed by atoms with Crippen molar-refractivity contribution < 1.29 is 15.0 Å². The van der Waals surface area contributed by atoms with E-state index < -0.39 is 11.2 Å². The highest BCUT2D eigenvalue weighted by molar-refractivity contribution is 6.10. The topological polar surface area (TPSA) is 83.3 Å². The van der Waals surface area contributed by atoms with Gasteiger partial charge in [0.15, 0.2) is 5.60 Å². The first-order valence-electron chi connectivity index (χ1n) is 7.23. The fourth-order valence-corrected chi connectivity index (χ4v) is 2.77. The third-order valence-electron chi connectivity index (χ3n) is 3.99. The molecule has 0 saturated heterocycles. The normalized spacial score (nSPS) is 20.5. The van der Waals surface area contributed by atoms with Gasteiger partial charge in [0.2, 0.25) is 5.78 Å². The van der Waals surface area contributed by atoms with E-state index in [4.69, 9.17) is 0 Å². The zero-order valence-corrected chi connectivity index (χ0v) is 12.6. The summed E-state index contributed by atoms with van der Waals surface area (Å²) in [5.41, 5.74) is -0.816. The lowest BCUT2D eigenvalue weighted by atomic mass is 9.76. The first-order valence-corrected chi connectivity index (χ1v) is 7.23. The quantitative estimate of drug-likeness (QED) is 0.906. The summed E-state index contributed by atoms with van der Waals surface area (Å²) >= 11 is 0. The number of fused-ring (bicyclic) bond motifs is 3. The highest BCUT2D eigenvalue weighted by Crippen LogP contribution is 2.42. The van der Waals surface area contributed by atoms with Crippen molar-refractivity contribution in [3.8, 4) is 11.3 Å². The summed E-state index contributed by atoms with van der Waals surface area (Å²) < 4.78 is 0. The third kappa shape index (κ3) is 2.32. The molecule has 0 radical (unpaired) electrons. The summed E-state index contributed by atoms with van der Waals surface area (Å²) in [4.78, 5) is 21.3. The van der Waals surface area contributed by atoms with Crippen LogP contribution >= 0.6 is 0 Å². The van der Waals surface area contributed by atoms with Gasteiger partial charge in [0.1, 0.15) is 5.69 Å². The summed E-state index contributed by atoms with van der Waals surface area (Å²) in [6.45, 7) is 3.30. The second-order valence-electron chi connectivity index (χ2n) is 6.30. The van der Waals surface area contributed by atoms with Crippen LogP contribution in [0.25, 0.3) is 11.3 Å². The van der Waals surface area contributed by atoms with E-state index in [-0.39, 0.29) is 24.3 Å². The molecule has 5 heteroatoms. The zero-order chi connectivity index (χ0) is 16.0. The molecule has 2 N–H and O–H groups in total. The summed E-state index contributed by atoms with van der Waals surface area (Å²) in [5, 5.41) is 21.0. The van der Waals surface area contributed by atoms with Crippen LogP contribution in [-0.2, 0) is 5.60 Å². The molecule has 5 nitrogen and oxygen atoms in total. The largest absolute Gasteiger partial charge is 0.390 e. The first kappa shape index (κ1) is 14.8. The van der Waals surface area contributed by atoms with Crippen LogP contribution < -0.4 is 0 Å². The van der Waals surface area contributed by atoms with Gasteiger partial charge in [-0.25, -0.2) is 0 Å². The Bertz CT molecular complexity index is 737. The summed E-state index contributed by atoms with van der Waals surface area (Å²) in [5.74, 6) is -0.389. The molecular weight excluding hydrogens is 280 g/mol. The lowest BCUT2D eigenvalue weighted by Crippen LogP contribution is -2.42. The third-order valence-corrected chi connectivity index (χ3v) is 3.99. The number of hydrogen-bond acceptors (Lipinski definition) is 5. The maximum Gasteiger partial charge on any atom is 0.201 e. The molecule has 1 heterocycles. The second-order valence-corrected chi connectivity index (χ2v) is 6.30. The van der Waals surface area contributed by atoms with Gasteiger partial charge in [-0.15, -0.1) is 0 Å². The number of hydrogen-bond donors (Lipinski definition) is 2. The van der Waals surface area contributed by atoms with Crippen LogP contribution in [0.5, 0.6) is 0 Å². The van der Waals surface area contributed by atoms with Crippen LogP contribution in [0, 0.1) is 0 Å². The SMILES string of the molecule is CC(C)(O)CCC1(O)C(=O)c2ccccc2-c2nccnc21. The summed E-state index contributed by atoms with van der Waals surface area (Å²) in [6, 6.07) is 7.07. The smallest absolute Gasteiger partial charge is 0.201 e.